The monoisotopic (exact) mass is 257 g/mol. The molecule has 0 saturated heterocycles. The minimum absolute atomic E-state index is 0.0540. The van der Waals surface area contributed by atoms with Gasteiger partial charge >= 0.3 is 0 Å². The van der Waals surface area contributed by atoms with Gasteiger partial charge in [0.15, 0.2) is 0 Å². The molecule has 0 radical (unpaired) electrons. The lowest BCUT2D eigenvalue weighted by atomic mass is 9.93. The number of hydrogen-bond acceptors (Lipinski definition) is 5. The molecule has 0 aromatic rings. The van der Waals surface area contributed by atoms with E-state index in [1.165, 1.54) is 0 Å². The van der Waals surface area contributed by atoms with Crippen LogP contribution in [0.4, 0.5) is 0 Å². The summed E-state index contributed by atoms with van der Waals surface area (Å²) < 4.78 is 0. The second-order valence-electron chi connectivity index (χ2n) is 4.05. The first-order valence-corrected chi connectivity index (χ1v) is 5.56. The molecule has 0 aromatic carbocycles. The number of nitrogens with zero attached hydrogens (tertiary/aromatic N) is 1. The smallest absolute Gasteiger partial charge is 0.294 e. The van der Waals surface area contributed by atoms with E-state index in [-0.39, 0.29) is 6.04 Å². The van der Waals surface area contributed by atoms with Crippen LogP contribution in [0.5, 0.6) is 0 Å². The Morgan fingerprint density at radius 3 is 2.39 bits per heavy atom. The van der Waals surface area contributed by atoms with Gasteiger partial charge in [0.2, 0.25) is 11.8 Å². The minimum Gasteiger partial charge on any atom is -0.366 e. The maximum absolute atomic E-state index is 11.3. The zero-order chi connectivity index (χ0) is 13.5. The average Bonchev–Trinajstić information content (AvgIpc) is 2.28. The Balaban J connectivity index is 2.29. The molecule has 2 amide bonds. The first kappa shape index (κ1) is 13.9. The summed E-state index contributed by atoms with van der Waals surface area (Å²) in [6, 6.07) is -0.0540. The Bertz CT molecular complexity index is 361. The Morgan fingerprint density at radius 2 is 1.89 bits per heavy atom. The van der Waals surface area contributed by atoms with Crippen molar-refractivity contribution in [3.05, 3.63) is 22.3 Å². The highest BCUT2D eigenvalue weighted by molar-refractivity contribution is 5.96. The molecule has 1 aliphatic carbocycles. The fraction of sp³-hybridized carbons (Fsp3) is 0.600. The minimum atomic E-state index is -0.792. The van der Waals surface area contributed by atoms with Crippen LogP contribution in [0.25, 0.3) is 0 Å². The molecule has 8 nitrogen and oxygen atoms in total. The lowest BCUT2D eigenvalue weighted by Crippen LogP contribution is -2.38. The molecule has 1 saturated carbocycles. The number of rotatable bonds is 5. The van der Waals surface area contributed by atoms with Gasteiger partial charge in [0.1, 0.15) is 6.10 Å². The molecule has 0 bridgehead atoms. The number of primary amides is 1. The van der Waals surface area contributed by atoms with Crippen LogP contribution in [-0.2, 0) is 14.4 Å². The van der Waals surface area contributed by atoms with Crippen molar-refractivity contribution in [2.24, 2.45) is 5.73 Å². The number of carbonyl (C=O) groups excluding carboxylic acids is 2. The van der Waals surface area contributed by atoms with Crippen LogP contribution in [0, 0.1) is 10.1 Å². The van der Waals surface area contributed by atoms with Crippen LogP contribution in [0.2, 0.25) is 0 Å². The van der Waals surface area contributed by atoms with Crippen LogP contribution in [0.15, 0.2) is 12.2 Å². The summed E-state index contributed by atoms with van der Waals surface area (Å²) >= 11 is 0. The van der Waals surface area contributed by atoms with Gasteiger partial charge in [0.25, 0.3) is 5.09 Å². The van der Waals surface area contributed by atoms with E-state index in [9.17, 15) is 19.7 Å². The van der Waals surface area contributed by atoms with Gasteiger partial charge in [-0.05, 0) is 25.7 Å². The Hall–Kier alpha value is -2.12. The molecule has 1 rings (SSSR count). The van der Waals surface area contributed by atoms with E-state index in [4.69, 9.17) is 5.73 Å². The Morgan fingerprint density at radius 1 is 1.28 bits per heavy atom. The van der Waals surface area contributed by atoms with Gasteiger partial charge in [0.05, 0.1) is 0 Å². The summed E-state index contributed by atoms with van der Waals surface area (Å²) in [7, 11) is 0. The molecule has 8 heteroatoms. The summed E-state index contributed by atoms with van der Waals surface area (Å²) in [5.41, 5.74) is 4.85. The van der Waals surface area contributed by atoms with E-state index in [1.54, 1.807) is 0 Å². The normalized spacial score (nSPS) is 23.6. The standard InChI is InChI=1S/C10H15N3O5/c11-9(14)5-6-10(15)12-7-1-3-8(4-2-7)18-13(16)17/h5-8H,1-4H2,(H2,11,14)(H,12,15)/b6-5-. The Kier molecular flexibility index (Phi) is 5.09. The van der Waals surface area contributed by atoms with Crippen molar-refractivity contribution in [3.63, 3.8) is 0 Å². The molecular weight excluding hydrogens is 242 g/mol. The van der Waals surface area contributed by atoms with Crippen LogP contribution in [0.3, 0.4) is 0 Å². The highest BCUT2D eigenvalue weighted by Crippen LogP contribution is 2.21. The van der Waals surface area contributed by atoms with E-state index in [1.807, 2.05) is 0 Å². The third-order valence-electron chi connectivity index (χ3n) is 2.65. The maximum atomic E-state index is 11.3. The van der Waals surface area contributed by atoms with E-state index in [0.717, 1.165) is 12.2 Å². The lowest BCUT2D eigenvalue weighted by Gasteiger charge is -2.27. The number of carbonyl (C=O) groups is 2. The second-order valence-corrected chi connectivity index (χ2v) is 4.05. The van der Waals surface area contributed by atoms with E-state index < -0.39 is 23.0 Å². The van der Waals surface area contributed by atoms with Crippen molar-refractivity contribution in [3.8, 4) is 0 Å². The highest BCUT2D eigenvalue weighted by atomic mass is 17.0. The molecule has 0 atom stereocenters. The van der Waals surface area contributed by atoms with Gasteiger partial charge in [-0.3, -0.25) is 9.59 Å². The molecule has 18 heavy (non-hydrogen) atoms. The van der Waals surface area contributed by atoms with E-state index in [0.29, 0.717) is 25.7 Å². The zero-order valence-electron chi connectivity index (χ0n) is 9.70. The predicted molar refractivity (Wildman–Crippen MR) is 60.6 cm³/mol. The number of nitrogens with two attached hydrogens (primary N) is 1. The molecule has 1 aliphatic rings. The van der Waals surface area contributed by atoms with Gasteiger partial charge in [-0.1, -0.05) is 0 Å². The van der Waals surface area contributed by atoms with Crippen molar-refractivity contribution >= 4 is 11.8 Å². The quantitative estimate of drug-likeness (QED) is 0.396. The molecule has 0 spiro atoms. The second kappa shape index (κ2) is 6.58. The van der Waals surface area contributed by atoms with Crippen molar-refractivity contribution < 1.29 is 19.5 Å². The number of amides is 2. The summed E-state index contributed by atoms with van der Waals surface area (Å²) in [5.74, 6) is -1.08. The number of hydrogen-bond donors (Lipinski definition) is 2. The summed E-state index contributed by atoms with van der Waals surface area (Å²) in [6.07, 6.45) is 3.91. The molecule has 0 aliphatic heterocycles. The van der Waals surface area contributed by atoms with Gasteiger partial charge in [-0.15, -0.1) is 10.1 Å². The molecule has 0 unspecified atom stereocenters. The fourth-order valence-electron chi connectivity index (χ4n) is 1.84. The summed E-state index contributed by atoms with van der Waals surface area (Å²) in [6.45, 7) is 0. The first-order valence-electron chi connectivity index (χ1n) is 5.56. The average molecular weight is 257 g/mol. The van der Waals surface area contributed by atoms with Crippen LogP contribution in [-0.4, -0.2) is 29.0 Å². The largest absolute Gasteiger partial charge is 0.366 e. The zero-order valence-corrected chi connectivity index (χ0v) is 9.70. The molecule has 0 heterocycles. The van der Waals surface area contributed by atoms with Crippen molar-refractivity contribution in [1.29, 1.82) is 0 Å². The maximum Gasteiger partial charge on any atom is 0.294 e. The topological polar surface area (TPSA) is 125 Å². The number of nitrogens with one attached hydrogen (secondary N) is 1. The Labute approximate surface area is 103 Å². The summed E-state index contributed by atoms with van der Waals surface area (Å²) in [4.78, 5) is 36.3. The summed E-state index contributed by atoms with van der Waals surface area (Å²) in [5, 5.41) is 12.0. The first-order chi connectivity index (χ1) is 8.47. The third-order valence-corrected chi connectivity index (χ3v) is 2.65. The molecule has 100 valence electrons. The third kappa shape index (κ3) is 5.28. The van der Waals surface area contributed by atoms with Crippen molar-refractivity contribution in [2.45, 2.75) is 37.8 Å². The molecular formula is C10H15N3O5. The van der Waals surface area contributed by atoms with Crippen LogP contribution in [0.1, 0.15) is 25.7 Å². The highest BCUT2D eigenvalue weighted by Gasteiger charge is 2.24. The van der Waals surface area contributed by atoms with Crippen LogP contribution < -0.4 is 11.1 Å². The van der Waals surface area contributed by atoms with Gasteiger partial charge in [-0.25, -0.2) is 0 Å². The molecule has 3 N–H and O–H groups in total. The van der Waals surface area contributed by atoms with E-state index in [2.05, 4.69) is 10.2 Å². The SMILES string of the molecule is NC(=O)/C=C\C(=O)NC1CCC(O[N+](=O)[O-])CC1. The van der Waals surface area contributed by atoms with Gasteiger partial charge in [0, 0.05) is 18.2 Å². The molecule has 1 fully saturated rings. The lowest BCUT2D eigenvalue weighted by molar-refractivity contribution is -0.769. The van der Waals surface area contributed by atoms with Gasteiger partial charge < -0.3 is 15.9 Å². The van der Waals surface area contributed by atoms with Crippen LogP contribution >= 0.6 is 0 Å². The predicted octanol–water partition coefficient (Wildman–Crippen LogP) is -0.336. The fourth-order valence-corrected chi connectivity index (χ4v) is 1.84. The van der Waals surface area contributed by atoms with Crippen molar-refractivity contribution in [2.75, 3.05) is 0 Å². The van der Waals surface area contributed by atoms with E-state index >= 15 is 0 Å². The van der Waals surface area contributed by atoms with Gasteiger partial charge in [-0.2, -0.15) is 0 Å². The van der Waals surface area contributed by atoms with Crippen molar-refractivity contribution in [1.82, 2.24) is 5.32 Å². The molecule has 0 aromatic heterocycles.